The van der Waals surface area contributed by atoms with E-state index in [-0.39, 0.29) is 6.04 Å². The minimum Gasteiger partial charge on any atom is -0.302 e. The van der Waals surface area contributed by atoms with Crippen LogP contribution in [0.1, 0.15) is 26.2 Å². The highest BCUT2D eigenvalue weighted by Gasteiger charge is 2.22. The second kappa shape index (κ2) is 3.71. The molecule has 58 valence electrons. The molecule has 0 aliphatic carbocycles. The molecule has 2 heteroatoms. The molecule has 0 spiro atoms. The molecular weight excluding hydrogens is 126 g/mol. The maximum atomic E-state index is 10.5. The molecule has 1 aliphatic heterocycles. The van der Waals surface area contributed by atoms with Crippen LogP contribution in [0.15, 0.2) is 0 Å². The summed E-state index contributed by atoms with van der Waals surface area (Å²) < 4.78 is 0. The quantitative estimate of drug-likeness (QED) is 0.548. The first-order chi connectivity index (χ1) is 4.88. The summed E-state index contributed by atoms with van der Waals surface area (Å²) in [6.07, 6.45) is 4.51. The van der Waals surface area contributed by atoms with Crippen LogP contribution in [0.3, 0.4) is 0 Å². The van der Waals surface area contributed by atoms with Crippen LogP contribution in [0, 0.1) is 0 Å². The number of likely N-dealkylation sites (tertiary alicyclic amines) is 1. The number of carbonyl (C=O) groups excluding carboxylic acids is 1. The molecule has 0 aromatic rings. The zero-order chi connectivity index (χ0) is 7.40. The van der Waals surface area contributed by atoms with Gasteiger partial charge < -0.3 is 4.79 Å². The van der Waals surface area contributed by atoms with E-state index in [1.54, 1.807) is 0 Å². The Kier molecular flexibility index (Phi) is 2.87. The molecule has 1 heterocycles. The second-order valence-corrected chi connectivity index (χ2v) is 2.88. The van der Waals surface area contributed by atoms with Crippen LogP contribution >= 0.6 is 0 Å². The molecule has 0 aromatic carbocycles. The number of rotatable bonds is 3. The Bertz CT molecular complexity index is 114. The summed E-state index contributed by atoms with van der Waals surface area (Å²) in [5, 5.41) is 0. The third-order valence-electron chi connectivity index (χ3n) is 2.08. The lowest BCUT2D eigenvalue weighted by Gasteiger charge is -2.17. The molecule has 1 saturated heterocycles. The van der Waals surface area contributed by atoms with Gasteiger partial charge in [0.05, 0.1) is 6.04 Å². The highest BCUT2D eigenvalue weighted by molar-refractivity contribution is 5.58. The summed E-state index contributed by atoms with van der Waals surface area (Å²) in [6, 6.07) is 0.236. The maximum absolute atomic E-state index is 10.5. The molecule has 0 radical (unpaired) electrons. The monoisotopic (exact) mass is 141 g/mol. The van der Waals surface area contributed by atoms with Gasteiger partial charge in [0.1, 0.15) is 6.29 Å². The summed E-state index contributed by atoms with van der Waals surface area (Å²) in [4.78, 5) is 12.7. The summed E-state index contributed by atoms with van der Waals surface area (Å²) in [6.45, 7) is 4.36. The van der Waals surface area contributed by atoms with E-state index in [1.165, 1.54) is 6.42 Å². The lowest BCUT2D eigenvalue weighted by Crippen LogP contribution is -2.30. The van der Waals surface area contributed by atoms with Crippen LogP contribution < -0.4 is 0 Å². The van der Waals surface area contributed by atoms with Crippen molar-refractivity contribution in [3.63, 3.8) is 0 Å². The molecular formula is C8H15NO. The normalized spacial score (nSPS) is 27.1. The van der Waals surface area contributed by atoms with Crippen LogP contribution in [0.5, 0.6) is 0 Å². The van der Waals surface area contributed by atoms with Gasteiger partial charge in [-0.15, -0.1) is 0 Å². The first-order valence-corrected chi connectivity index (χ1v) is 4.08. The largest absolute Gasteiger partial charge is 0.302 e. The predicted octanol–water partition coefficient (Wildman–Crippen LogP) is 1.06. The number of hydrogen-bond donors (Lipinski definition) is 0. The molecule has 0 bridgehead atoms. The smallest absolute Gasteiger partial charge is 0.137 e. The van der Waals surface area contributed by atoms with Crippen LogP contribution in [0.25, 0.3) is 0 Å². The zero-order valence-corrected chi connectivity index (χ0v) is 6.55. The first kappa shape index (κ1) is 7.73. The van der Waals surface area contributed by atoms with E-state index in [0.29, 0.717) is 0 Å². The molecule has 0 unspecified atom stereocenters. The van der Waals surface area contributed by atoms with Gasteiger partial charge >= 0.3 is 0 Å². The summed E-state index contributed by atoms with van der Waals surface area (Å²) in [7, 11) is 0. The van der Waals surface area contributed by atoms with Crippen LogP contribution in [-0.4, -0.2) is 30.3 Å². The predicted molar refractivity (Wildman–Crippen MR) is 41.0 cm³/mol. The molecule has 0 N–H and O–H groups in total. The maximum Gasteiger partial charge on any atom is 0.137 e. The Morgan fingerprint density at radius 3 is 3.10 bits per heavy atom. The van der Waals surface area contributed by atoms with Crippen LogP contribution in [0.4, 0.5) is 0 Å². The Balaban J connectivity index is 2.34. The Morgan fingerprint density at radius 2 is 2.50 bits per heavy atom. The average Bonchev–Trinajstić information content (AvgIpc) is 2.36. The number of nitrogens with zero attached hydrogens (tertiary/aromatic N) is 1. The third-order valence-corrected chi connectivity index (χ3v) is 2.08. The van der Waals surface area contributed by atoms with Crippen molar-refractivity contribution in [2.45, 2.75) is 32.2 Å². The van der Waals surface area contributed by atoms with E-state index in [1.807, 2.05) is 0 Å². The van der Waals surface area contributed by atoms with Crippen molar-refractivity contribution in [3.05, 3.63) is 0 Å². The molecule has 1 aliphatic rings. The van der Waals surface area contributed by atoms with Gasteiger partial charge in [0.25, 0.3) is 0 Å². The average molecular weight is 141 g/mol. The van der Waals surface area contributed by atoms with E-state index in [2.05, 4.69) is 11.8 Å². The molecule has 10 heavy (non-hydrogen) atoms. The van der Waals surface area contributed by atoms with Crippen molar-refractivity contribution in [3.8, 4) is 0 Å². The first-order valence-electron chi connectivity index (χ1n) is 4.08. The van der Waals surface area contributed by atoms with Crippen molar-refractivity contribution >= 4 is 6.29 Å². The van der Waals surface area contributed by atoms with Gasteiger partial charge in [-0.1, -0.05) is 6.92 Å². The van der Waals surface area contributed by atoms with Gasteiger partial charge in [-0.2, -0.15) is 0 Å². The van der Waals surface area contributed by atoms with Gasteiger partial charge in [0, 0.05) is 0 Å². The Hall–Kier alpha value is -0.370. The molecule has 1 fully saturated rings. The fourth-order valence-electron chi connectivity index (χ4n) is 1.57. The van der Waals surface area contributed by atoms with Gasteiger partial charge in [-0.05, 0) is 32.4 Å². The van der Waals surface area contributed by atoms with Gasteiger partial charge in [0.15, 0.2) is 0 Å². The van der Waals surface area contributed by atoms with Gasteiger partial charge in [-0.3, -0.25) is 4.90 Å². The van der Waals surface area contributed by atoms with Gasteiger partial charge in [0.2, 0.25) is 0 Å². The molecule has 0 aromatic heterocycles. The zero-order valence-electron chi connectivity index (χ0n) is 6.55. The summed E-state index contributed by atoms with van der Waals surface area (Å²) in [5.74, 6) is 0. The van der Waals surface area contributed by atoms with Crippen molar-refractivity contribution in [1.29, 1.82) is 0 Å². The number of hydrogen-bond acceptors (Lipinski definition) is 2. The minimum absolute atomic E-state index is 0.236. The van der Waals surface area contributed by atoms with Crippen molar-refractivity contribution in [1.82, 2.24) is 4.90 Å². The van der Waals surface area contributed by atoms with E-state index in [4.69, 9.17) is 0 Å². The minimum atomic E-state index is 0.236. The van der Waals surface area contributed by atoms with Gasteiger partial charge in [-0.25, -0.2) is 0 Å². The van der Waals surface area contributed by atoms with Crippen molar-refractivity contribution < 1.29 is 4.79 Å². The van der Waals surface area contributed by atoms with Crippen LogP contribution in [-0.2, 0) is 4.79 Å². The number of aldehydes is 1. The Morgan fingerprint density at radius 1 is 1.70 bits per heavy atom. The van der Waals surface area contributed by atoms with Crippen LogP contribution in [0.2, 0.25) is 0 Å². The highest BCUT2D eigenvalue weighted by atomic mass is 16.1. The molecule has 1 atom stereocenters. The lowest BCUT2D eigenvalue weighted by molar-refractivity contribution is -0.111. The summed E-state index contributed by atoms with van der Waals surface area (Å²) >= 11 is 0. The topological polar surface area (TPSA) is 20.3 Å². The molecule has 0 saturated carbocycles. The van der Waals surface area contributed by atoms with E-state index in [9.17, 15) is 4.79 Å². The number of carbonyl (C=O) groups is 1. The Labute approximate surface area is 62.2 Å². The van der Waals surface area contributed by atoms with E-state index in [0.717, 1.165) is 32.2 Å². The van der Waals surface area contributed by atoms with E-state index < -0.39 is 0 Å². The fraction of sp³-hybridized carbons (Fsp3) is 0.875. The standard InChI is InChI=1S/C8H15NO/c1-2-5-9-6-3-4-8(9)7-10/h7-8H,2-6H2,1H3/t8-/m0/s1. The molecule has 2 nitrogen and oxygen atoms in total. The van der Waals surface area contributed by atoms with E-state index >= 15 is 0 Å². The SMILES string of the molecule is CCCN1CCC[C@H]1C=O. The second-order valence-electron chi connectivity index (χ2n) is 2.88. The fourth-order valence-corrected chi connectivity index (χ4v) is 1.57. The molecule has 1 rings (SSSR count). The highest BCUT2D eigenvalue weighted by Crippen LogP contribution is 2.14. The van der Waals surface area contributed by atoms with Crippen molar-refractivity contribution in [2.75, 3.05) is 13.1 Å². The molecule has 0 amide bonds. The third kappa shape index (κ3) is 1.57. The lowest BCUT2D eigenvalue weighted by atomic mass is 10.2. The van der Waals surface area contributed by atoms with Crippen molar-refractivity contribution in [2.24, 2.45) is 0 Å². The summed E-state index contributed by atoms with van der Waals surface area (Å²) in [5.41, 5.74) is 0.